The topological polar surface area (TPSA) is 83.2 Å². The molecule has 0 saturated heterocycles. The van der Waals surface area contributed by atoms with Crippen molar-refractivity contribution in [2.75, 3.05) is 0 Å². The van der Waals surface area contributed by atoms with Crippen LogP contribution in [0.15, 0.2) is 24.3 Å². The lowest BCUT2D eigenvalue weighted by Crippen LogP contribution is -3.34. The lowest BCUT2D eigenvalue weighted by molar-refractivity contribution is -0.328. The molecule has 0 spiro atoms. The quantitative estimate of drug-likeness (QED) is 0.335. The Labute approximate surface area is 110 Å². The zero-order valence-electron chi connectivity index (χ0n) is 8.27. The van der Waals surface area contributed by atoms with E-state index in [-0.39, 0.29) is 0 Å². The molecule has 98 valence electrons. The smallest absolute Gasteiger partial charge is 0.485 e. The summed E-state index contributed by atoms with van der Waals surface area (Å²) in [6.45, 7) is 0.640. The molecule has 4 nitrogen and oxygen atoms in total. The summed E-state index contributed by atoms with van der Waals surface area (Å²) in [5.74, 6) is 0. The van der Waals surface area contributed by atoms with Gasteiger partial charge in [0, 0.05) is 6.54 Å². The molecule has 0 amide bonds. The first-order valence-corrected chi connectivity index (χ1v) is 6.63. The third-order valence-corrected chi connectivity index (χ3v) is 2.79. The van der Waals surface area contributed by atoms with Crippen molar-refractivity contribution >= 4 is 10.1 Å². The molecule has 0 fully saturated rings. The Morgan fingerprint density at radius 1 is 1.24 bits per heavy atom. The molecule has 1 aromatic carbocycles. The van der Waals surface area contributed by atoms with Crippen molar-refractivity contribution in [1.82, 2.24) is 0 Å². The van der Waals surface area contributed by atoms with E-state index in [2.05, 4.69) is 24.3 Å². The van der Waals surface area contributed by atoms with Crippen molar-refractivity contribution < 1.29 is 48.7 Å². The van der Waals surface area contributed by atoms with Gasteiger partial charge in [-0.2, -0.15) is 13.2 Å². The normalized spacial score (nSPS) is 11.6. The molecule has 17 heavy (non-hydrogen) atoms. The highest BCUT2D eigenvalue weighted by Crippen LogP contribution is 2.20. The van der Waals surface area contributed by atoms with Gasteiger partial charge in [0.25, 0.3) is 22.6 Å². The second-order valence-corrected chi connectivity index (χ2v) is 5.46. The molecule has 0 unspecified atom stereocenters. The van der Waals surface area contributed by atoms with Crippen molar-refractivity contribution in [2.24, 2.45) is 5.73 Å². The molecule has 9 heteroatoms. The highest BCUT2D eigenvalue weighted by molar-refractivity contribution is 7.86. The minimum Gasteiger partial charge on any atom is -0.741 e. The van der Waals surface area contributed by atoms with Gasteiger partial charge in [0.2, 0.25) is 0 Å². The third kappa shape index (κ3) is 6.81. The maximum Gasteiger partial charge on any atom is 0.485 e. The van der Waals surface area contributed by atoms with Crippen LogP contribution in [0.5, 0.6) is 0 Å². The van der Waals surface area contributed by atoms with Crippen LogP contribution in [0.1, 0.15) is 5.56 Å². The fourth-order valence-electron chi connectivity index (χ4n) is 0.626. The minimum atomic E-state index is -6.09. The van der Waals surface area contributed by atoms with Gasteiger partial charge in [-0.3, -0.25) is 0 Å². The summed E-state index contributed by atoms with van der Waals surface area (Å²) in [5, 5.41) is 0. The molecule has 0 aliphatic carbocycles. The van der Waals surface area contributed by atoms with Crippen molar-refractivity contribution in [1.29, 1.82) is 0 Å². The number of hydrogen-bond donors (Lipinski definition) is 1. The number of halogens is 4. The number of nitrogens with two attached hydrogens (primary N) is 1. The van der Waals surface area contributed by atoms with Crippen LogP contribution in [0.25, 0.3) is 0 Å². The number of hydrogen-bond acceptors (Lipinski definition) is 4. The van der Waals surface area contributed by atoms with E-state index >= 15 is 0 Å². The molecule has 0 radical (unpaired) electrons. The second-order valence-electron chi connectivity index (χ2n) is 2.75. The van der Waals surface area contributed by atoms with E-state index in [9.17, 15) is 13.2 Å². The van der Waals surface area contributed by atoms with Crippen LogP contribution in [0.3, 0.4) is 0 Å². The molecule has 0 aliphatic rings. The van der Waals surface area contributed by atoms with Gasteiger partial charge in [0.05, 0.1) is 0 Å². The summed E-state index contributed by atoms with van der Waals surface area (Å²) in [7, 11) is -6.09. The van der Waals surface area contributed by atoms with Crippen LogP contribution >= 0.6 is 0 Å². The minimum absolute atomic E-state index is 0.640. The predicted octanol–water partition coefficient (Wildman–Crippen LogP) is -2.35. The largest absolute Gasteiger partial charge is 0.741 e. The van der Waals surface area contributed by atoms with Crippen LogP contribution in [0, 0.1) is 3.57 Å². The van der Waals surface area contributed by atoms with Crippen molar-refractivity contribution in [2.45, 2.75) is 12.1 Å². The van der Waals surface area contributed by atoms with Crippen LogP contribution in [-0.2, 0) is 16.7 Å². The highest BCUT2D eigenvalue weighted by atomic mass is 127. The van der Waals surface area contributed by atoms with Gasteiger partial charge in [0.15, 0.2) is 13.7 Å². The monoisotopic (exact) mass is 383 g/mol. The second kappa shape index (κ2) is 6.52. The van der Waals surface area contributed by atoms with Gasteiger partial charge in [-0.15, -0.1) is 0 Å². The molecule has 2 N–H and O–H groups in total. The highest BCUT2D eigenvalue weighted by Gasteiger charge is 2.36. The third-order valence-electron chi connectivity index (χ3n) is 1.44. The first-order valence-electron chi connectivity index (χ1n) is 4.06. The molecule has 1 rings (SSSR count). The summed E-state index contributed by atoms with van der Waals surface area (Å²) in [5.41, 5.74) is 0.951. The molecule has 0 heterocycles. The summed E-state index contributed by atoms with van der Waals surface area (Å²) >= 11 is 2.00. The van der Waals surface area contributed by atoms with Gasteiger partial charge in [0.1, 0.15) is 0 Å². The summed E-state index contributed by atoms with van der Waals surface area (Å²) in [6.07, 6.45) is 0. The van der Waals surface area contributed by atoms with Crippen molar-refractivity contribution in [3.8, 4) is 0 Å². The zero-order valence-corrected chi connectivity index (χ0v) is 11.4. The molecule has 0 atom stereocenters. The Bertz CT molecular complexity index is 444. The molecular formula is C8H9F3INO3S. The Morgan fingerprint density at radius 3 is 1.82 bits per heavy atom. The molecule has 0 bridgehead atoms. The van der Waals surface area contributed by atoms with Crippen LogP contribution in [0.2, 0.25) is 0 Å². The number of benzene rings is 1. The molecule has 0 aliphatic heterocycles. The van der Waals surface area contributed by atoms with Gasteiger partial charge in [-0.1, -0.05) is 12.1 Å². The average molecular weight is 383 g/mol. The van der Waals surface area contributed by atoms with E-state index in [1.807, 2.05) is 22.6 Å². The molecule has 0 saturated carbocycles. The van der Waals surface area contributed by atoms with E-state index in [4.69, 9.17) is 18.7 Å². The fourth-order valence-corrected chi connectivity index (χ4v) is 1.01. The first kappa shape index (κ1) is 16.6. The number of alkyl halides is 3. The average Bonchev–Trinajstić information content (AvgIpc) is 2.17. The lowest BCUT2D eigenvalue weighted by Gasteiger charge is -2.08. The van der Waals surface area contributed by atoms with E-state index in [1.54, 1.807) is 0 Å². The van der Waals surface area contributed by atoms with Gasteiger partial charge in [-0.05, 0) is 17.7 Å². The molecule has 0 aromatic heterocycles. The Kier molecular flexibility index (Phi) is 6.37. The van der Waals surface area contributed by atoms with Gasteiger partial charge in [-0.25, -0.2) is 8.42 Å². The summed E-state index contributed by atoms with van der Waals surface area (Å²) in [6, 6.07) is 8.26. The van der Waals surface area contributed by atoms with E-state index in [0.29, 0.717) is 6.54 Å². The van der Waals surface area contributed by atoms with Gasteiger partial charge >= 0.3 is 5.51 Å². The molecule has 1 aromatic rings. The van der Waals surface area contributed by atoms with Gasteiger partial charge < -0.3 is 10.3 Å². The maximum absolute atomic E-state index is 10.7. The van der Waals surface area contributed by atoms with E-state index in [0.717, 1.165) is 0 Å². The summed E-state index contributed by atoms with van der Waals surface area (Å²) < 4.78 is 60.2. The molecular weight excluding hydrogens is 374 g/mol. The Hall–Kier alpha value is -0.390. The van der Waals surface area contributed by atoms with E-state index in [1.165, 1.54) is 9.13 Å². The standard InChI is InChI=1S/C7H9IN.CHF3O3S/c8-7-3-1-6(5-9)2-4-7;2-1(3,4)8(5,6)7/h1-4,8H,5,9H2;(H,5,6,7)/q+1;/p-1. The van der Waals surface area contributed by atoms with Crippen LogP contribution < -0.4 is 28.3 Å². The summed E-state index contributed by atoms with van der Waals surface area (Å²) in [4.78, 5) is 0. The SMILES string of the molecule is NCc1ccc([IH+])cc1.O=S(=O)([O-])C(F)(F)F. The van der Waals surface area contributed by atoms with E-state index < -0.39 is 15.6 Å². The maximum atomic E-state index is 10.7. The van der Waals surface area contributed by atoms with Crippen LogP contribution in [0.4, 0.5) is 13.2 Å². The van der Waals surface area contributed by atoms with Crippen molar-refractivity contribution in [3.05, 3.63) is 33.4 Å². The first-order chi connectivity index (χ1) is 7.58. The van der Waals surface area contributed by atoms with Crippen LogP contribution in [-0.4, -0.2) is 18.5 Å². The van der Waals surface area contributed by atoms with Crippen molar-refractivity contribution in [3.63, 3.8) is 0 Å². The Balaban J connectivity index is 0.000000304. The number of rotatable bonds is 1. The predicted molar refractivity (Wildman–Crippen MR) is 50.2 cm³/mol. The lowest BCUT2D eigenvalue weighted by atomic mass is 10.2. The zero-order chi connectivity index (χ0) is 13.7. The fraction of sp³-hybridized carbons (Fsp3) is 0.250. The Morgan fingerprint density at radius 2 is 1.59 bits per heavy atom.